The van der Waals surface area contributed by atoms with Crippen LogP contribution in [0.25, 0.3) is 28.1 Å². The van der Waals surface area contributed by atoms with E-state index in [-0.39, 0.29) is 17.0 Å². The molecule has 2 heterocycles. The first-order valence-corrected chi connectivity index (χ1v) is 10.5. The first-order chi connectivity index (χ1) is 14.8. The number of hydrogen-bond acceptors (Lipinski definition) is 2. The van der Waals surface area contributed by atoms with Crippen molar-refractivity contribution in [2.45, 2.75) is 19.4 Å². The zero-order valence-electron chi connectivity index (χ0n) is 17.6. The molecule has 0 bridgehead atoms. The summed E-state index contributed by atoms with van der Waals surface area (Å²) in [6.07, 6.45) is 4.55. The monoisotopic (exact) mass is 475 g/mol. The molecule has 1 aliphatic rings. The Morgan fingerprint density at radius 3 is 2.26 bits per heavy atom. The number of hydrogen-bond donors (Lipinski definition) is 1. The topological polar surface area (TPSA) is 30.1 Å². The molecule has 0 amide bonds. The Balaban J connectivity index is 0.00000231. The summed E-state index contributed by atoms with van der Waals surface area (Å²) in [6.45, 7) is 1.98. The van der Waals surface area contributed by atoms with E-state index in [1.165, 1.54) is 28.8 Å². The summed E-state index contributed by atoms with van der Waals surface area (Å²) in [5.74, 6) is 1.98. The summed E-state index contributed by atoms with van der Waals surface area (Å²) >= 11 is 0. The Morgan fingerprint density at radius 2 is 1.48 bits per heavy atom. The van der Waals surface area contributed by atoms with Crippen LogP contribution in [0.2, 0.25) is 0 Å². The summed E-state index contributed by atoms with van der Waals surface area (Å²) in [6, 6.07) is 27.6. The van der Waals surface area contributed by atoms with Crippen LogP contribution in [0.3, 0.4) is 0 Å². The maximum Gasteiger partial charge on any atom is 0.363 e. The van der Waals surface area contributed by atoms with Gasteiger partial charge in [0.05, 0.1) is 20.2 Å². The first-order valence-electron chi connectivity index (χ1n) is 10.5. The van der Waals surface area contributed by atoms with Gasteiger partial charge in [0.1, 0.15) is 17.6 Å². The highest BCUT2D eigenvalue weighted by molar-refractivity contribution is 5.69. The lowest BCUT2D eigenvalue weighted by Crippen LogP contribution is -3.00. The fourth-order valence-electron chi connectivity index (χ4n) is 4.21. The predicted molar refractivity (Wildman–Crippen MR) is 121 cm³/mol. The van der Waals surface area contributed by atoms with E-state index in [1.807, 2.05) is 12.1 Å². The van der Waals surface area contributed by atoms with Gasteiger partial charge in [0.15, 0.2) is 5.75 Å². The molecule has 4 nitrogen and oxygen atoms in total. The van der Waals surface area contributed by atoms with E-state index in [4.69, 9.17) is 4.74 Å². The van der Waals surface area contributed by atoms with Crippen LogP contribution in [-0.4, -0.2) is 18.2 Å². The molecule has 0 fully saturated rings. The molecular formula is C26H26BrN3O. The molecule has 158 valence electrons. The number of nitrogens with zero attached hydrogens (tertiary/aromatic N) is 2. The number of imidazole rings is 1. The van der Waals surface area contributed by atoms with E-state index in [9.17, 15) is 0 Å². The van der Waals surface area contributed by atoms with Gasteiger partial charge in [-0.15, -0.1) is 0 Å². The van der Waals surface area contributed by atoms with E-state index in [1.54, 1.807) is 7.11 Å². The number of fused-ring (bicyclic) bond motifs is 1. The van der Waals surface area contributed by atoms with Crippen LogP contribution in [0.1, 0.15) is 12.8 Å². The number of ether oxygens (including phenoxy) is 1. The van der Waals surface area contributed by atoms with Gasteiger partial charge in [0.25, 0.3) is 0 Å². The van der Waals surface area contributed by atoms with E-state index in [0.29, 0.717) is 0 Å². The van der Waals surface area contributed by atoms with Gasteiger partial charge in [-0.2, -0.15) is 4.57 Å². The van der Waals surface area contributed by atoms with Crippen LogP contribution in [0.15, 0.2) is 85.1 Å². The smallest absolute Gasteiger partial charge is 0.363 e. The van der Waals surface area contributed by atoms with Gasteiger partial charge in [-0.3, -0.25) is 5.32 Å². The zero-order chi connectivity index (χ0) is 20.3. The third kappa shape index (κ3) is 4.10. The van der Waals surface area contributed by atoms with Crippen molar-refractivity contribution < 1.29 is 26.3 Å². The molecule has 1 N–H and O–H groups in total. The Kier molecular flexibility index (Phi) is 6.42. The molecule has 0 aliphatic carbocycles. The van der Waals surface area contributed by atoms with Crippen molar-refractivity contribution >= 4 is 5.95 Å². The average molecular weight is 476 g/mol. The Hall–Kier alpha value is -3.05. The quantitative estimate of drug-likeness (QED) is 0.459. The average Bonchev–Trinajstić information content (AvgIpc) is 3.00. The molecule has 0 saturated heterocycles. The van der Waals surface area contributed by atoms with Crippen LogP contribution < -0.4 is 31.6 Å². The van der Waals surface area contributed by atoms with Gasteiger partial charge < -0.3 is 21.7 Å². The molecular weight excluding hydrogens is 450 g/mol. The van der Waals surface area contributed by atoms with Crippen LogP contribution >= 0.6 is 0 Å². The maximum atomic E-state index is 5.64. The molecule has 0 radical (unpaired) electrons. The predicted octanol–water partition coefficient (Wildman–Crippen LogP) is 2.32. The summed E-state index contributed by atoms with van der Waals surface area (Å²) in [4.78, 5) is 0. The second-order valence-corrected chi connectivity index (χ2v) is 7.61. The number of halogens is 1. The van der Waals surface area contributed by atoms with Gasteiger partial charge in [-0.05, 0) is 36.1 Å². The van der Waals surface area contributed by atoms with E-state index >= 15 is 0 Å². The van der Waals surface area contributed by atoms with Crippen molar-refractivity contribution in [3.63, 3.8) is 0 Å². The number of para-hydroxylation sites is 2. The van der Waals surface area contributed by atoms with Gasteiger partial charge in [-0.1, -0.05) is 66.7 Å². The second-order valence-electron chi connectivity index (χ2n) is 7.61. The highest BCUT2D eigenvalue weighted by atomic mass is 79.9. The third-order valence-corrected chi connectivity index (χ3v) is 5.75. The molecule has 1 aromatic heterocycles. The van der Waals surface area contributed by atoms with Gasteiger partial charge >= 0.3 is 5.95 Å². The number of rotatable bonds is 4. The molecule has 5 rings (SSSR count). The molecule has 0 saturated carbocycles. The number of aromatic nitrogens is 2. The molecule has 0 spiro atoms. The summed E-state index contributed by atoms with van der Waals surface area (Å²) in [5, 5.41) is 3.64. The van der Waals surface area contributed by atoms with Crippen LogP contribution in [-0.2, 0) is 6.54 Å². The first kappa shape index (κ1) is 21.2. The van der Waals surface area contributed by atoms with Crippen LogP contribution in [0, 0.1) is 0 Å². The zero-order valence-corrected chi connectivity index (χ0v) is 19.2. The Morgan fingerprint density at radius 1 is 0.806 bits per heavy atom. The van der Waals surface area contributed by atoms with Crippen molar-refractivity contribution in [1.29, 1.82) is 0 Å². The van der Waals surface area contributed by atoms with Gasteiger partial charge in [-0.25, -0.2) is 4.57 Å². The normalized spacial score (nSPS) is 12.8. The van der Waals surface area contributed by atoms with Crippen LogP contribution in [0.5, 0.6) is 5.75 Å². The Labute approximate surface area is 193 Å². The number of methoxy groups -OCH3 is 1. The standard InChI is InChI=1S/C26H25N3O.BrH/c1-30-25-12-6-5-11-23(25)29-19-24(28-18-8-7-17-27-26(28)29)22-15-13-21(14-16-22)20-9-3-2-4-10-20;/h2-6,9-16,19H,7-8,17-18H2,1H3;1H. The molecule has 5 heteroatoms. The SMILES string of the molecule is COc1ccccc1-[n+]1cc(-c2ccc(-c3ccccc3)cc2)n2c1NCCCC2.[Br-]. The molecule has 0 unspecified atom stereocenters. The third-order valence-electron chi connectivity index (χ3n) is 5.75. The minimum atomic E-state index is 0. The van der Waals surface area contributed by atoms with Crippen molar-refractivity contribution in [2.24, 2.45) is 0 Å². The van der Waals surface area contributed by atoms with Gasteiger partial charge in [0.2, 0.25) is 0 Å². The number of benzene rings is 3. The van der Waals surface area contributed by atoms with Crippen molar-refractivity contribution in [2.75, 3.05) is 19.0 Å². The largest absolute Gasteiger partial charge is 1.00 e. The van der Waals surface area contributed by atoms with E-state index < -0.39 is 0 Å². The number of nitrogens with one attached hydrogen (secondary N) is 1. The highest BCUT2D eigenvalue weighted by Crippen LogP contribution is 2.29. The van der Waals surface area contributed by atoms with Crippen molar-refractivity contribution in [1.82, 2.24) is 4.57 Å². The van der Waals surface area contributed by atoms with Crippen molar-refractivity contribution in [3.8, 4) is 33.8 Å². The summed E-state index contributed by atoms with van der Waals surface area (Å²) < 4.78 is 10.3. The fourth-order valence-corrected chi connectivity index (χ4v) is 4.21. The lowest BCUT2D eigenvalue weighted by atomic mass is 10.0. The maximum absolute atomic E-state index is 5.64. The fraction of sp³-hybridized carbons (Fsp3) is 0.192. The minimum Gasteiger partial charge on any atom is -1.00 e. The van der Waals surface area contributed by atoms with E-state index in [0.717, 1.165) is 36.9 Å². The lowest BCUT2D eigenvalue weighted by Gasteiger charge is -2.08. The second kappa shape index (κ2) is 9.40. The summed E-state index contributed by atoms with van der Waals surface area (Å²) in [7, 11) is 1.73. The Bertz CT molecular complexity index is 1150. The molecule has 0 atom stereocenters. The lowest BCUT2D eigenvalue weighted by molar-refractivity contribution is -0.579. The van der Waals surface area contributed by atoms with Gasteiger partial charge in [0, 0.05) is 5.56 Å². The van der Waals surface area contributed by atoms with Crippen LogP contribution in [0.4, 0.5) is 5.95 Å². The minimum absolute atomic E-state index is 0. The highest BCUT2D eigenvalue weighted by Gasteiger charge is 2.27. The molecule has 1 aliphatic heterocycles. The van der Waals surface area contributed by atoms with Crippen molar-refractivity contribution in [3.05, 3.63) is 85.1 Å². The molecule has 4 aromatic rings. The molecule has 3 aromatic carbocycles. The number of anilines is 1. The summed E-state index contributed by atoms with van der Waals surface area (Å²) in [5.41, 5.74) is 5.95. The molecule has 31 heavy (non-hydrogen) atoms. The van der Waals surface area contributed by atoms with E-state index in [2.05, 4.69) is 87.4 Å².